The molecule has 20 heavy (non-hydrogen) atoms. The summed E-state index contributed by atoms with van der Waals surface area (Å²) in [7, 11) is 0. The first kappa shape index (κ1) is 17.7. The number of aliphatic hydroxyl groups excluding tert-OH is 1. The maximum absolute atomic E-state index is 12.1. The van der Waals surface area contributed by atoms with Crippen LogP contribution in [-0.4, -0.2) is 42.4 Å². The summed E-state index contributed by atoms with van der Waals surface area (Å²) in [4.78, 5) is 12.1. The Labute approximate surface area is 127 Å². The molecule has 0 spiro atoms. The zero-order chi connectivity index (χ0) is 13.7. The Morgan fingerprint density at radius 2 is 1.90 bits per heavy atom. The van der Waals surface area contributed by atoms with E-state index >= 15 is 0 Å². The SMILES string of the molecule is Cl.NC1(C(=O)NCC(O)C2CCCCC2)CCOCC1. The van der Waals surface area contributed by atoms with Crippen LogP contribution in [0.2, 0.25) is 0 Å². The summed E-state index contributed by atoms with van der Waals surface area (Å²) >= 11 is 0. The molecule has 0 radical (unpaired) electrons. The fraction of sp³-hybridized carbons (Fsp3) is 0.929. The highest BCUT2D eigenvalue weighted by molar-refractivity contribution is 5.86. The van der Waals surface area contributed by atoms with Gasteiger partial charge in [-0.3, -0.25) is 4.79 Å². The van der Waals surface area contributed by atoms with E-state index in [0.717, 1.165) is 12.8 Å². The molecule has 2 rings (SSSR count). The summed E-state index contributed by atoms with van der Waals surface area (Å²) < 4.78 is 5.23. The number of nitrogens with two attached hydrogens (primary N) is 1. The van der Waals surface area contributed by atoms with Crippen LogP contribution in [0, 0.1) is 5.92 Å². The van der Waals surface area contributed by atoms with E-state index in [-0.39, 0.29) is 18.3 Å². The van der Waals surface area contributed by atoms with Gasteiger partial charge in [-0.25, -0.2) is 0 Å². The Balaban J connectivity index is 0.00000200. The van der Waals surface area contributed by atoms with E-state index in [4.69, 9.17) is 10.5 Å². The molecule has 0 aromatic carbocycles. The molecule has 2 aliphatic rings. The maximum Gasteiger partial charge on any atom is 0.240 e. The van der Waals surface area contributed by atoms with Crippen LogP contribution in [0.4, 0.5) is 0 Å². The highest BCUT2D eigenvalue weighted by atomic mass is 35.5. The molecule has 2 fully saturated rings. The molecule has 1 saturated heterocycles. The van der Waals surface area contributed by atoms with Crippen molar-refractivity contribution in [2.75, 3.05) is 19.8 Å². The smallest absolute Gasteiger partial charge is 0.240 e. The van der Waals surface area contributed by atoms with Crippen molar-refractivity contribution in [1.29, 1.82) is 0 Å². The minimum absolute atomic E-state index is 0. The number of amides is 1. The molecule has 6 heteroatoms. The molecule has 1 unspecified atom stereocenters. The number of halogens is 1. The lowest BCUT2D eigenvalue weighted by molar-refractivity contribution is -0.130. The molecule has 1 aliphatic carbocycles. The van der Waals surface area contributed by atoms with Gasteiger partial charge in [-0.05, 0) is 31.6 Å². The third-order valence-corrected chi connectivity index (χ3v) is 4.50. The number of ether oxygens (including phenoxy) is 1. The van der Waals surface area contributed by atoms with Crippen molar-refractivity contribution in [2.45, 2.75) is 56.6 Å². The lowest BCUT2D eigenvalue weighted by Gasteiger charge is -2.33. The second-order valence-corrected chi connectivity index (χ2v) is 5.94. The highest BCUT2D eigenvalue weighted by Crippen LogP contribution is 2.26. The monoisotopic (exact) mass is 306 g/mol. The first-order valence-electron chi connectivity index (χ1n) is 7.45. The number of carbonyl (C=O) groups is 1. The average Bonchev–Trinajstić information content (AvgIpc) is 2.46. The van der Waals surface area contributed by atoms with Crippen LogP contribution >= 0.6 is 12.4 Å². The van der Waals surface area contributed by atoms with Crippen molar-refractivity contribution < 1.29 is 14.6 Å². The van der Waals surface area contributed by atoms with Gasteiger partial charge in [0.1, 0.15) is 0 Å². The molecule has 4 N–H and O–H groups in total. The lowest BCUT2D eigenvalue weighted by atomic mass is 9.85. The Kier molecular flexibility index (Phi) is 7.23. The summed E-state index contributed by atoms with van der Waals surface area (Å²) in [5.41, 5.74) is 5.28. The van der Waals surface area contributed by atoms with Crippen molar-refractivity contribution in [1.82, 2.24) is 5.32 Å². The third-order valence-electron chi connectivity index (χ3n) is 4.50. The number of nitrogens with one attached hydrogen (secondary N) is 1. The van der Waals surface area contributed by atoms with Gasteiger partial charge in [0.05, 0.1) is 11.6 Å². The van der Waals surface area contributed by atoms with Crippen molar-refractivity contribution in [3.05, 3.63) is 0 Å². The molecule has 1 atom stereocenters. The molecule has 5 nitrogen and oxygen atoms in total. The zero-order valence-electron chi connectivity index (χ0n) is 12.0. The van der Waals surface area contributed by atoms with Gasteiger partial charge < -0.3 is 20.9 Å². The van der Waals surface area contributed by atoms with E-state index in [0.29, 0.717) is 38.5 Å². The zero-order valence-corrected chi connectivity index (χ0v) is 12.8. The minimum Gasteiger partial charge on any atom is -0.391 e. The number of hydrogen-bond acceptors (Lipinski definition) is 4. The fourth-order valence-electron chi connectivity index (χ4n) is 3.02. The van der Waals surface area contributed by atoms with Crippen molar-refractivity contribution >= 4 is 18.3 Å². The standard InChI is InChI=1S/C14H26N2O3.ClH/c15-14(6-8-19-9-7-14)13(18)16-10-12(17)11-4-2-1-3-5-11;/h11-12,17H,1-10,15H2,(H,16,18);1H. The number of carbonyl (C=O) groups excluding carboxylic acids is 1. The second kappa shape index (κ2) is 8.17. The van der Waals surface area contributed by atoms with Gasteiger partial charge in [-0.2, -0.15) is 0 Å². The summed E-state index contributed by atoms with van der Waals surface area (Å²) in [6.07, 6.45) is 6.45. The molecule has 0 aromatic rings. The molecular formula is C14H27ClN2O3. The number of hydrogen-bond donors (Lipinski definition) is 3. The van der Waals surface area contributed by atoms with Crippen LogP contribution in [0.5, 0.6) is 0 Å². The fourth-order valence-corrected chi connectivity index (χ4v) is 3.02. The van der Waals surface area contributed by atoms with E-state index in [1.807, 2.05) is 0 Å². The lowest BCUT2D eigenvalue weighted by Crippen LogP contribution is -2.58. The van der Waals surface area contributed by atoms with Crippen LogP contribution in [-0.2, 0) is 9.53 Å². The normalized spacial score (nSPS) is 24.5. The Morgan fingerprint density at radius 1 is 1.30 bits per heavy atom. The molecule has 1 heterocycles. The molecular weight excluding hydrogens is 280 g/mol. The van der Waals surface area contributed by atoms with E-state index in [1.165, 1.54) is 19.3 Å². The van der Waals surface area contributed by atoms with Crippen molar-refractivity contribution in [3.8, 4) is 0 Å². The van der Waals surface area contributed by atoms with Crippen molar-refractivity contribution in [2.24, 2.45) is 11.7 Å². The molecule has 1 amide bonds. The highest BCUT2D eigenvalue weighted by Gasteiger charge is 2.36. The Morgan fingerprint density at radius 3 is 2.50 bits per heavy atom. The molecule has 118 valence electrons. The average molecular weight is 307 g/mol. The van der Waals surface area contributed by atoms with Crippen molar-refractivity contribution in [3.63, 3.8) is 0 Å². The van der Waals surface area contributed by atoms with Gasteiger partial charge in [0, 0.05) is 19.8 Å². The molecule has 1 saturated carbocycles. The number of aliphatic hydroxyl groups is 1. The third kappa shape index (κ3) is 4.58. The quantitative estimate of drug-likeness (QED) is 0.722. The summed E-state index contributed by atoms with van der Waals surface area (Å²) in [5, 5.41) is 12.9. The van der Waals surface area contributed by atoms with Gasteiger partial charge in [-0.1, -0.05) is 19.3 Å². The van der Waals surface area contributed by atoms with E-state index in [1.54, 1.807) is 0 Å². The summed E-state index contributed by atoms with van der Waals surface area (Å²) in [6, 6.07) is 0. The van der Waals surface area contributed by atoms with Gasteiger partial charge in [0.15, 0.2) is 0 Å². The Hall–Kier alpha value is -0.360. The van der Waals surface area contributed by atoms with E-state index in [9.17, 15) is 9.90 Å². The minimum atomic E-state index is -0.815. The first-order valence-corrected chi connectivity index (χ1v) is 7.45. The topological polar surface area (TPSA) is 84.6 Å². The number of rotatable bonds is 4. The van der Waals surface area contributed by atoms with Crippen LogP contribution in [0.25, 0.3) is 0 Å². The van der Waals surface area contributed by atoms with Crippen LogP contribution in [0.15, 0.2) is 0 Å². The van der Waals surface area contributed by atoms with Gasteiger partial charge >= 0.3 is 0 Å². The first-order chi connectivity index (χ1) is 9.12. The van der Waals surface area contributed by atoms with Crippen LogP contribution < -0.4 is 11.1 Å². The molecule has 1 aliphatic heterocycles. The molecule has 0 aromatic heterocycles. The van der Waals surface area contributed by atoms with Crippen LogP contribution in [0.1, 0.15) is 44.9 Å². The summed E-state index contributed by atoms with van der Waals surface area (Å²) in [6.45, 7) is 1.40. The predicted octanol–water partition coefficient (Wildman–Crippen LogP) is 0.973. The largest absolute Gasteiger partial charge is 0.391 e. The van der Waals surface area contributed by atoms with Gasteiger partial charge in [0.2, 0.25) is 5.91 Å². The van der Waals surface area contributed by atoms with E-state index in [2.05, 4.69) is 5.32 Å². The Bertz CT molecular complexity index is 303. The van der Waals surface area contributed by atoms with Gasteiger partial charge in [-0.15, -0.1) is 12.4 Å². The predicted molar refractivity (Wildman–Crippen MR) is 79.8 cm³/mol. The van der Waals surface area contributed by atoms with E-state index < -0.39 is 11.6 Å². The maximum atomic E-state index is 12.1. The second-order valence-electron chi connectivity index (χ2n) is 5.94. The summed E-state index contributed by atoms with van der Waals surface area (Å²) in [5.74, 6) is 0.183. The van der Waals surface area contributed by atoms with Gasteiger partial charge in [0.25, 0.3) is 0 Å². The van der Waals surface area contributed by atoms with Crippen LogP contribution in [0.3, 0.4) is 0 Å². The molecule has 0 bridgehead atoms.